The molecule has 1 unspecified atom stereocenters. The normalized spacial score (nSPS) is 15.6. The lowest BCUT2D eigenvalue weighted by molar-refractivity contribution is -0.153. The van der Waals surface area contributed by atoms with Crippen molar-refractivity contribution in [3.8, 4) is 0 Å². The first-order valence-electron chi connectivity index (χ1n) is 13.5. The molecule has 1 aromatic heterocycles. The van der Waals surface area contributed by atoms with Gasteiger partial charge in [0.2, 0.25) is 0 Å². The van der Waals surface area contributed by atoms with Gasteiger partial charge in [-0.15, -0.1) is 5.48 Å². The molecule has 0 aliphatic carbocycles. The summed E-state index contributed by atoms with van der Waals surface area (Å²) < 4.78 is 2.21. The number of benzene rings is 2. The molecule has 0 saturated carbocycles. The number of hydrogen-bond acceptors (Lipinski definition) is 5. The first-order valence-corrected chi connectivity index (χ1v) is 13.5. The second-order valence-corrected chi connectivity index (χ2v) is 9.75. The van der Waals surface area contributed by atoms with Crippen molar-refractivity contribution in [3.63, 3.8) is 0 Å². The Hall–Kier alpha value is -2.96. The number of carbonyl (C=O) groups is 1. The predicted molar refractivity (Wildman–Crippen MR) is 143 cm³/mol. The number of carbonyl (C=O) groups excluding carboxylic acids is 1. The zero-order valence-electron chi connectivity index (χ0n) is 21.7. The van der Waals surface area contributed by atoms with Gasteiger partial charge in [-0.2, -0.15) is 5.10 Å². The molecule has 192 valence electrons. The van der Waals surface area contributed by atoms with Gasteiger partial charge in [0.05, 0.1) is 11.7 Å². The molecule has 1 N–H and O–H groups in total. The van der Waals surface area contributed by atoms with Crippen molar-refractivity contribution in [2.24, 2.45) is 0 Å². The van der Waals surface area contributed by atoms with E-state index in [1.165, 1.54) is 11.3 Å². The van der Waals surface area contributed by atoms with E-state index in [0.717, 1.165) is 69.5 Å². The van der Waals surface area contributed by atoms with Gasteiger partial charge >= 0.3 is 5.97 Å². The van der Waals surface area contributed by atoms with E-state index in [-0.39, 0.29) is 12.0 Å². The lowest BCUT2D eigenvalue weighted by Gasteiger charge is -2.33. The van der Waals surface area contributed by atoms with Crippen LogP contribution in [0.2, 0.25) is 0 Å². The number of likely N-dealkylation sites (tertiary alicyclic amines) is 1. The van der Waals surface area contributed by atoms with E-state index in [0.29, 0.717) is 12.3 Å². The van der Waals surface area contributed by atoms with Gasteiger partial charge in [-0.3, -0.25) is 9.48 Å². The maximum atomic E-state index is 11.9. The number of nitrogens with one attached hydrogen (secondary N) is 1. The smallest absolute Gasteiger partial charge is 0.324 e. The van der Waals surface area contributed by atoms with Crippen LogP contribution in [0.15, 0.2) is 66.7 Å². The Morgan fingerprint density at radius 2 is 1.75 bits per heavy atom. The quantitative estimate of drug-likeness (QED) is 0.334. The van der Waals surface area contributed by atoms with E-state index in [2.05, 4.69) is 70.5 Å². The van der Waals surface area contributed by atoms with Crippen LogP contribution in [0.1, 0.15) is 80.4 Å². The molecule has 1 aliphatic heterocycles. The average Bonchev–Trinajstić information content (AvgIpc) is 3.33. The summed E-state index contributed by atoms with van der Waals surface area (Å²) in [7, 11) is 0. The summed E-state index contributed by atoms with van der Waals surface area (Å²) in [6, 6.07) is 23.2. The Bertz CT molecular complexity index is 1060. The fourth-order valence-electron chi connectivity index (χ4n) is 5.10. The van der Waals surface area contributed by atoms with E-state index in [1.54, 1.807) is 0 Å². The molecule has 0 bridgehead atoms. The summed E-state index contributed by atoms with van der Waals surface area (Å²) in [6.45, 7) is 8.19. The highest BCUT2D eigenvalue weighted by Gasteiger charge is 2.25. The van der Waals surface area contributed by atoms with Gasteiger partial charge in [-0.1, -0.05) is 67.6 Å². The minimum absolute atomic E-state index is 0.00759. The van der Waals surface area contributed by atoms with Crippen molar-refractivity contribution < 1.29 is 9.63 Å². The van der Waals surface area contributed by atoms with Crippen LogP contribution < -0.4 is 5.48 Å². The molecule has 0 radical (unpaired) electrons. The lowest BCUT2D eigenvalue weighted by atomic mass is 9.92. The van der Waals surface area contributed by atoms with Crippen LogP contribution in [0.4, 0.5) is 0 Å². The molecule has 36 heavy (non-hydrogen) atoms. The summed E-state index contributed by atoms with van der Waals surface area (Å²) in [5, 5.41) is 4.91. The monoisotopic (exact) mass is 488 g/mol. The Morgan fingerprint density at radius 1 is 1.06 bits per heavy atom. The van der Waals surface area contributed by atoms with E-state index < -0.39 is 0 Å². The highest BCUT2D eigenvalue weighted by molar-refractivity contribution is 5.68. The van der Waals surface area contributed by atoms with Crippen molar-refractivity contribution in [2.75, 3.05) is 19.6 Å². The summed E-state index contributed by atoms with van der Waals surface area (Å²) in [5.41, 5.74) is 8.05. The molecule has 6 nitrogen and oxygen atoms in total. The molecule has 1 atom stereocenters. The van der Waals surface area contributed by atoms with Gasteiger partial charge in [0.25, 0.3) is 0 Å². The predicted octanol–water partition coefficient (Wildman–Crippen LogP) is 5.65. The van der Waals surface area contributed by atoms with Crippen molar-refractivity contribution in [1.29, 1.82) is 0 Å². The van der Waals surface area contributed by atoms with Crippen molar-refractivity contribution >= 4 is 5.97 Å². The van der Waals surface area contributed by atoms with Gasteiger partial charge in [0.1, 0.15) is 0 Å². The Balaban J connectivity index is 1.31. The highest BCUT2D eigenvalue weighted by Crippen LogP contribution is 2.30. The van der Waals surface area contributed by atoms with E-state index in [4.69, 9.17) is 9.94 Å². The molecule has 0 amide bonds. The maximum Gasteiger partial charge on any atom is 0.324 e. The number of nitrogens with zero attached hydrogens (tertiary/aromatic N) is 3. The van der Waals surface area contributed by atoms with Gasteiger partial charge in [0, 0.05) is 37.5 Å². The minimum Gasteiger partial charge on any atom is -0.370 e. The highest BCUT2D eigenvalue weighted by atomic mass is 16.7. The fraction of sp³-hybridized carbons (Fsp3) is 0.467. The zero-order valence-corrected chi connectivity index (χ0v) is 21.7. The Morgan fingerprint density at radius 3 is 2.42 bits per heavy atom. The van der Waals surface area contributed by atoms with Crippen LogP contribution in [-0.4, -0.2) is 40.3 Å². The molecule has 2 heterocycles. The van der Waals surface area contributed by atoms with E-state index >= 15 is 0 Å². The number of rotatable bonds is 12. The van der Waals surface area contributed by atoms with Crippen LogP contribution in [-0.2, 0) is 22.6 Å². The Kier molecular flexibility index (Phi) is 9.70. The van der Waals surface area contributed by atoms with Gasteiger partial charge in [-0.25, -0.2) is 0 Å². The molecule has 3 aromatic rings. The molecule has 6 heteroatoms. The largest absolute Gasteiger partial charge is 0.370 e. The first-order chi connectivity index (χ1) is 17.7. The van der Waals surface area contributed by atoms with Gasteiger partial charge < -0.3 is 9.74 Å². The lowest BCUT2D eigenvalue weighted by Crippen LogP contribution is -2.36. The molecule has 2 aromatic carbocycles. The third-order valence-electron chi connectivity index (χ3n) is 7.10. The topological polar surface area (TPSA) is 59.4 Å². The maximum absolute atomic E-state index is 11.9. The SMILES string of the molecule is CCCC(=O)ONC(CCN1CCC(c2cc(Cc3ccccc3)nn2CC)CC1)c1ccccc1. The van der Waals surface area contributed by atoms with Crippen molar-refractivity contribution in [1.82, 2.24) is 20.2 Å². The standard InChI is InChI=1S/C30H40N4O2/c1-3-11-30(35)36-32-28(25-14-9-6-10-15-25)18-21-33-19-16-26(17-20-33)29-23-27(31-34(29)4-2)22-24-12-7-5-8-13-24/h5-10,12-15,23,26,28,32H,3-4,11,16-22H2,1-2H3. The number of hydrogen-bond donors (Lipinski definition) is 1. The van der Waals surface area contributed by atoms with Crippen LogP contribution in [0.5, 0.6) is 0 Å². The summed E-state index contributed by atoms with van der Waals surface area (Å²) in [6.07, 6.45) is 5.29. The third-order valence-corrected chi connectivity index (χ3v) is 7.10. The number of aryl methyl sites for hydroxylation is 1. The van der Waals surface area contributed by atoms with Crippen LogP contribution in [0, 0.1) is 0 Å². The van der Waals surface area contributed by atoms with Gasteiger partial charge in [0.15, 0.2) is 0 Å². The molecule has 1 fully saturated rings. The average molecular weight is 489 g/mol. The Labute approximate surface area is 215 Å². The number of hydroxylamine groups is 1. The summed E-state index contributed by atoms with van der Waals surface area (Å²) >= 11 is 0. The van der Waals surface area contributed by atoms with Gasteiger partial charge in [-0.05, 0) is 62.9 Å². The molecular weight excluding hydrogens is 448 g/mol. The molecule has 0 spiro atoms. The molecule has 4 rings (SSSR count). The first kappa shape index (κ1) is 26.1. The van der Waals surface area contributed by atoms with Crippen molar-refractivity contribution in [3.05, 3.63) is 89.2 Å². The fourth-order valence-corrected chi connectivity index (χ4v) is 5.10. The minimum atomic E-state index is -0.196. The zero-order chi connectivity index (χ0) is 25.2. The molecule has 1 aliphatic rings. The van der Waals surface area contributed by atoms with E-state index in [1.807, 2.05) is 25.1 Å². The second kappa shape index (κ2) is 13.4. The van der Waals surface area contributed by atoms with Crippen LogP contribution in [0.25, 0.3) is 0 Å². The van der Waals surface area contributed by atoms with Crippen LogP contribution >= 0.6 is 0 Å². The third kappa shape index (κ3) is 7.28. The van der Waals surface area contributed by atoms with Crippen LogP contribution in [0.3, 0.4) is 0 Å². The second-order valence-electron chi connectivity index (χ2n) is 9.75. The number of aromatic nitrogens is 2. The molecule has 1 saturated heterocycles. The summed E-state index contributed by atoms with van der Waals surface area (Å²) in [5.74, 6) is 0.356. The summed E-state index contributed by atoms with van der Waals surface area (Å²) in [4.78, 5) is 19.8. The number of piperidine rings is 1. The van der Waals surface area contributed by atoms with E-state index in [9.17, 15) is 4.79 Å². The molecular formula is C30H40N4O2. The van der Waals surface area contributed by atoms with Crippen molar-refractivity contribution in [2.45, 2.75) is 70.9 Å².